The Hall–Kier alpha value is -2.53. The van der Waals surface area contributed by atoms with Crippen LogP contribution in [0.5, 0.6) is 0 Å². The lowest BCUT2D eigenvalue weighted by Crippen LogP contribution is -2.53. The number of ether oxygens (including phenoxy) is 1. The van der Waals surface area contributed by atoms with Crippen LogP contribution in [0.15, 0.2) is 53.4 Å². The van der Waals surface area contributed by atoms with E-state index in [1.165, 1.54) is 0 Å². The monoisotopic (exact) mass is 445 g/mol. The summed E-state index contributed by atoms with van der Waals surface area (Å²) in [5.74, 6) is -0.204. The van der Waals surface area contributed by atoms with E-state index in [1.807, 2.05) is 6.92 Å². The molecule has 10 heteroatoms. The van der Waals surface area contributed by atoms with Crippen LogP contribution in [0.2, 0.25) is 0 Å². The van der Waals surface area contributed by atoms with E-state index in [9.17, 15) is 13.2 Å². The predicted molar refractivity (Wildman–Crippen MR) is 117 cm³/mol. The number of morpholine rings is 1. The molecule has 0 radical (unpaired) electrons. The van der Waals surface area contributed by atoms with Gasteiger partial charge in [-0.1, -0.05) is 11.6 Å². The third kappa shape index (κ3) is 4.57. The van der Waals surface area contributed by atoms with Gasteiger partial charge in [-0.05, 0) is 32.1 Å². The summed E-state index contributed by atoms with van der Waals surface area (Å²) in [6, 6.07) is 3.34. The summed E-state index contributed by atoms with van der Waals surface area (Å²) in [6.45, 7) is 5.80. The zero-order chi connectivity index (χ0) is 22.0. The van der Waals surface area contributed by atoms with Crippen LogP contribution in [-0.4, -0.2) is 72.9 Å². The zero-order valence-electron chi connectivity index (χ0n) is 17.6. The van der Waals surface area contributed by atoms with E-state index in [4.69, 9.17) is 4.74 Å². The zero-order valence-corrected chi connectivity index (χ0v) is 18.4. The second-order valence-electron chi connectivity index (χ2n) is 7.83. The van der Waals surface area contributed by atoms with Crippen molar-refractivity contribution in [2.45, 2.75) is 26.0 Å². The van der Waals surface area contributed by atoms with Gasteiger partial charge in [-0.2, -0.15) is 4.31 Å². The second-order valence-corrected chi connectivity index (χ2v) is 9.90. The highest BCUT2D eigenvalue weighted by Gasteiger charge is 2.42. The van der Waals surface area contributed by atoms with Crippen molar-refractivity contribution in [3.63, 3.8) is 0 Å². The number of hydrogen-bond donors (Lipinski definition) is 2. The molecule has 166 valence electrons. The molecule has 0 aromatic carbocycles. The Morgan fingerprint density at radius 1 is 1.32 bits per heavy atom. The van der Waals surface area contributed by atoms with Gasteiger partial charge in [0.25, 0.3) is 5.91 Å². The molecule has 2 unspecified atom stereocenters. The molecule has 2 saturated heterocycles. The fourth-order valence-corrected chi connectivity index (χ4v) is 5.31. The maximum Gasteiger partial charge on any atom is 0.253 e. The molecule has 9 nitrogen and oxygen atoms in total. The number of rotatable bonds is 6. The number of allylic oxidation sites excluding steroid dienone is 3. The van der Waals surface area contributed by atoms with E-state index in [2.05, 4.69) is 15.6 Å². The number of carbonyl (C=O) groups excluding carboxylic acids is 1. The number of carbonyl (C=O) groups is 1. The Morgan fingerprint density at radius 2 is 2.16 bits per heavy atom. The summed E-state index contributed by atoms with van der Waals surface area (Å²) in [5, 5.41) is 6.05. The Balaban J connectivity index is 1.38. The first-order valence-corrected chi connectivity index (χ1v) is 11.7. The van der Waals surface area contributed by atoms with Gasteiger partial charge in [0.1, 0.15) is 5.65 Å². The molecular weight excluding hydrogens is 418 g/mol. The summed E-state index contributed by atoms with van der Waals surface area (Å²) in [5.41, 5.74) is 2.14. The molecule has 2 fully saturated rings. The van der Waals surface area contributed by atoms with Crippen molar-refractivity contribution >= 4 is 21.6 Å². The Labute approximate surface area is 181 Å². The third-order valence-corrected chi connectivity index (χ3v) is 7.66. The van der Waals surface area contributed by atoms with Gasteiger partial charge in [-0.3, -0.25) is 4.79 Å². The standard InChI is InChI=1S/C21H27N5O4S/c1-15(11-24-21(27)17-5-6-20-23-7-8-25(20)14-17)3-4-16(2)31(28,29)26-9-10-30-19-13-22-12-18(19)26/h3-8,14,18-19,22H,9-13H2,1-2H3,(H,24,27). The van der Waals surface area contributed by atoms with Gasteiger partial charge in [0.05, 0.1) is 29.2 Å². The number of nitrogens with zero attached hydrogens (tertiary/aromatic N) is 3. The molecule has 2 aliphatic rings. The van der Waals surface area contributed by atoms with Gasteiger partial charge in [0, 0.05) is 44.8 Å². The summed E-state index contributed by atoms with van der Waals surface area (Å²) >= 11 is 0. The first-order chi connectivity index (χ1) is 14.9. The van der Waals surface area contributed by atoms with Crippen molar-refractivity contribution < 1.29 is 17.9 Å². The van der Waals surface area contributed by atoms with Crippen molar-refractivity contribution in [3.05, 3.63) is 58.9 Å². The van der Waals surface area contributed by atoms with E-state index in [0.29, 0.717) is 38.3 Å². The molecule has 2 atom stereocenters. The predicted octanol–water partition coefficient (Wildman–Crippen LogP) is 0.917. The van der Waals surface area contributed by atoms with Crippen molar-refractivity contribution in [3.8, 4) is 0 Å². The van der Waals surface area contributed by atoms with Gasteiger partial charge < -0.3 is 19.8 Å². The Morgan fingerprint density at radius 3 is 3.00 bits per heavy atom. The molecule has 2 N–H and O–H groups in total. The van der Waals surface area contributed by atoms with Crippen molar-refractivity contribution in [1.82, 2.24) is 24.3 Å². The largest absolute Gasteiger partial charge is 0.374 e. The van der Waals surface area contributed by atoms with Gasteiger partial charge >= 0.3 is 0 Å². The van der Waals surface area contributed by atoms with Crippen LogP contribution in [0.4, 0.5) is 0 Å². The molecule has 0 aliphatic carbocycles. The molecule has 4 heterocycles. The molecule has 1 amide bonds. The number of pyridine rings is 1. The quantitative estimate of drug-likeness (QED) is 0.641. The molecule has 0 bridgehead atoms. The van der Waals surface area contributed by atoms with Gasteiger partial charge in [0.15, 0.2) is 0 Å². The summed E-state index contributed by atoms with van der Waals surface area (Å²) in [4.78, 5) is 16.8. The first-order valence-electron chi connectivity index (χ1n) is 10.3. The topological polar surface area (TPSA) is 105 Å². The smallest absolute Gasteiger partial charge is 0.253 e. The highest BCUT2D eigenvalue weighted by Crippen LogP contribution is 2.24. The van der Waals surface area contributed by atoms with E-state index in [0.717, 1.165) is 11.2 Å². The van der Waals surface area contributed by atoms with E-state index in [1.54, 1.807) is 58.5 Å². The van der Waals surface area contributed by atoms with Crippen LogP contribution < -0.4 is 10.6 Å². The lowest BCUT2D eigenvalue weighted by molar-refractivity contribution is -0.0145. The fraction of sp³-hybridized carbons (Fsp3) is 0.429. The minimum absolute atomic E-state index is 0.0923. The molecule has 0 saturated carbocycles. The van der Waals surface area contributed by atoms with E-state index < -0.39 is 10.0 Å². The minimum atomic E-state index is -3.57. The lowest BCUT2D eigenvalue weighted by atomic mass is 10.2. The molecule has 31 heavy (non-hydrogen) atoms. The highest BCUT2D eigenvalue weighted by atomic mass is 32.2. The van der Waals surface area contributed by atoms with Gasteiger partial charge in [-0.15, -0.1) is 0 Å². The maximum absolute atomic E-state index is 13.0. The number of imidazole rings is 1. The number of amides is 1. The van der Waals surface area contributed by atoms with Crippen LogP contribution in [0.1, 0.15) is 24.2 Å². The van der Waals surface area contributed by atoms with Gasteiger partial charge in [0.2, 0.25) is 10.0 Å². The molecule has 2 aromatic heterocycles. The number of fused-ring (bicyclic) bond motifs is 2. The first kappa shape index (κ1) is 21.7. The van der Waals surface area contributed by atoms with Crippen LogP contribution in [0, 0.1) is 0 Å². The lowest BCUT2D eigenvalue weighted by Gasteiger charge is -2.36. The van der Waals surface area contributed by atoms with Crippen LogP contribution in [0.3, 0.4) is 0 Å². The van der Waals surface area contributed by atoms with Crippen molar-refractivity contribution in [2.24, 2.45) is 0 Å². The van der Waals surface area contributed by atoms with Crippen molar-refractivity contribution in [2.75, 3.05) is 32.8 Å². The number of aromatic nitrogens is 2. The SMILES string of the molecule is CC(=CC=C(C)S(=O)(=O)N1CCOC2CNCC21)CNC(=O)c1ccc2nccn2c1. The van der Waals surface area contributed by atoms with Crippen LogP contribution >= 0.6 is 0 Å². The Kier molecular flexibility index (Phi) is 6.24. The molecule has 4 rings (SSSR count). The number of sulfonamides is 1. The number of hydrogen-bond acceptors (Lipinski definition) is 6. The summed E-state index contributed by atoms with van der Waals surface area (Å²) in [6.07, 6.45) is 8.42. The molecule has 2 aliphatic heterocycles. The minimum Gasteiger partial charge on any atom is -0.374 e. The van der Waals surface area contributed by atoms with E-state index >= 15 is 0 Å². The van der Waals surface area contributed by atoms with Crippen molar-refractivity contribution in [1.29, 1.82) is 0 Å². The molecule has 0 spiro atoms. The second kappa shape index (κ2) is 8.91. The molecule has 2 aromatic rings. The average Bonchev–Trinajstić information content (AvgIpc) is 3.43. The highest BCUT2D eigenvalue weighted by molar-refractivity contribution is 7.93. The maximum atomic E-state index is 13.0. The third-order valence-electron chi connectivity index (χ3n) is 5.64. The fourth-order valence-electron chi connectivity index (χ4n) is 3.82. The van der Waals surface area contributed by atoms with Gasteiger partial charge in [-0.25, -0.2) is 13.4 Å². The summed E-state index contributed by atoms with van der Waals surface area (Å²) < 4.78 is 35.1. The normalized spacial score (nSPS) is 23.2. The molecular formula is C21H27N5O4S. The summed E-state index contributed by atoms with van der Waals surface area (Å²) in [7, 11) is -3.57. The van der Waals surface area contributed by atoms with Crippen LogP contribution in [-0.2, 0) is 14.8 Å². The van der Waals surface area contributed by atoms with Crippen LogP contribution in [0.25, 0.3) is 5.65 Å². The number of nitrogens with one attached hydrogen (secondary N) is 2. The average molecular weight is 446 g/mol. The Bertz CT molecular complexity index is 1140. The van der Waals surface area contributed by atoms with E-state index in [-0.39, 0.29) is 23.0 Å².